The molecule has 1 aromatic heterocycles. The highest BCUT2D eigenvalue weighted by Crippen LogP contribution is 2.24. The van der Waals surface area contributed by atoms with E-state index in [-0.39, 0.29) is 22.4 Å². The number of nitrogens with zero attached hydrogens (tertiary/aromatic N) is 1. The van der Waals surface area contributed by atoms with Crippen molar-refractivity contribution in [1.82, 2.24) is 9.71 Å². The molecule has 0 saturated heterocycles. The van der Waals surface area contributed by atoms with Gasteiger partial charge in [-0.05, 0) is 18.2 Å². The molecule has 108 valence electrons. The molecule has 0 fully saturated rings. The van der Waals surface area contributed by atoms with Gasteiger partial charge in [-0.25, -0.2) is 18.1 Å². The number of nitrogen functional groups attached to an aromatic ring is 1. The highest BCUT2D eigenvalue weighted by molar-refractivity contribution is 7.89. The van der Waals surface area contributed by atoms with Crippen molar-refractivity contribution >= 4 is 38.6 Å². The van der Waals surface area contributed by atoms with Crippen LogP contribution in [0.15, 0.2) is 34.7 Å². The number of thiazole rings is 1. The first-order valence-electron chi connectivity index (χ1n) is 5.84. The average Bonchev–Trinajstić information content (AvgIpc) is 2.89. The number of nitrogens with two attached hydrogens (primary N) is 1. The molecule has 0 bridgehead atoms. The molecule has 0 aliphatic heterocycles. The fourth-order valence-corrected chi connectivity index (χ4v) is 3.99. The van der Waals surface area contributed by atoms with Crippen LogP contribution in [0.2, 0.25) is 5.02 Å². The molecule has 0 radical (unpaired) electrons. The number of aromatic nitrogens is 1. The van der Waals surface area contributed by atoms with Crippen molar-refractivity contribution in [2.75, 3.05) is 12.3 Å². The Labute approximate surface area is 126 Å². The van der Waals surface area contributed by atoms with Gasteiger partial charge in [0.1, 0.15) is 4.90 Å². The number of hydrogen-bond acceptors (Lipinski definition) is 5. The third-order valence-electron chi connectivity index (χ3n) is 2.70. The molecule has 0 aliphatic carbocycles. The van der Waals surface area contributed by atoms with Crippen LogP contribution in [0.3, 0.4) is 0 Å². The summed E-state index contributed by atoms with van der Waals surface area (Å²) in [7, 11) is -3.65. The summed E-state index contributed by atoms with van der Waals surface area (Å²) >= 11 is 7.41. The normalized spacial score (nSPS) is 13.3. The summed E-state index contributed by atoms with van der Waals surface area (Å²) < 4.78 is 26.9. The minimum absolute atomic E-state index is 0.00247. The summed E-state index contributed by atoms with van der Waals surface area (Å²) in [6.07, 6.45) is 1.70. The van der Waals surface area contributed by atoms with E-state index in [9.17, 15) is 8.42 Å². The molecule has 1 heterocycles. The summed E-state index contributed by atoms with van der Waals surface area (Å²) in [6, 6.07) is 4.32. The number of anilines is 1. The van der Waals surface area contributed by atoms with Gasteiger partial charge >= 0.3 is 0 Å². The molecule has 2 aromatic rings. The lowest BCUT2D eigenvalue weighted by Gasteiger charge is -2.12. The highest BCUT2D eigenvalue weighted by atomic mass is 35.5. The lowest BCUT2D eigenvalue weighted by molar-refractivity contribution is 0.574. The summed E-state index contributed by atoms with van der Waals surface area (Å²) in [5, 5.41) is 2.85. The van der Waals surface area contributed by atoms with Crippen molar-refractivity contribution in [3.05, 3.63) is 39.8 Å². The molecule has 0 amide bonds. The van der Waals surface area contributed by atoms with Crippen LogP contribution in [0, 0.1) is 0 Å². The smallest absolute Gasteiger partial charge is 0.242 e. The number of benzene rings is 1. The van der Waals surface area contributed by atoms with E-state index in [1.807, 2.05) is 12.3 Å². The molecule has 0 aliphatic rings. The van der Waals surface area contributed by atoms with Gasteiger partial charge in [0.05, 0.1) is 10.0 Å². The number of halogens is 1. The molecule has 3 N–H and O–H groups in total. The standard InChI is InChI=1S/C12H14ClN3O2S2/c1-8(12-15-4-5-19-12)7-16-20(17,18)11-3-2-9(14)6-10(11)13/h2-6,8,16H,7,14H2,1H3. The Kier molecular flexibility index (Phi) is 4.64. The van der Waals surface area contributed by atoms with Crippen molar-refractivity contribution in [3.63, 3.8) is 0 Å². The van der Waals surface area contributed by atoms with Crippen molar-refractivity contribution < 1.29 is 8.42 Å². The number of rotatable bonds is 5. The first kappa shape index (κ1) is 15.2. The van der Waals surface area contributed by atoms with Gasteiger partial charge in [-0.1, -0.05) is 18.5 Å². The van der Waals surface area contributed by atoms with E-state index in [0.717, 1.165) is 5.01 Å². The predicted molar refractivity (Wildman–Crippen MR) is 81.6 cm³/mol. The Bertz CT molecular complexity index is 687. The number of nitrogens with one attached hydrogen (secondary N) is 1. The quantitative estimate of drug-likeness (QED) is 0.824. The molecule has 1 atom stereocenters. The maximum absolute atomic E-state index is 12.2. The van der Waals surface area contributed by atoms with Crippen molar-refractivity contribution in [1.29, 1.82) is 0 Å². The molecular weight excluding hydrogens is 318 g/mol. The maximum Gasteiger partial charge on any atom is 0.242 e. The van der Waals surface area contributed by atoms with Crippen LogP contribution in [-0.2, 0) is 10.0 Å². The van der Waals surface area contributed by atoms with Gasteiger partial charge in [0, 0.05) is 29.7 Å². The van der Waals surface area contributed by atoms with E-state index < -0.39 is 10.0 Å². The highest BCUT2D eigenvalue weighted by Gasteiger charge is 2.19. The Morgan fingerprint density at radius 1 is 1.50 bits per heavy atom. The van der Waals surface area contributed by atoms with Gasteiger partial charge in [0.15, 0.2) is 0 Å². The van der Waals surface area contributed by atoms with Crippen LogP contribution in [0.5, 0.6) is 0 Å². The Hall–Kier alpha value is -1.15. The van der Waals surface area contributed by atoms with Crippen LogP contribution in [-0.4, -0.2) is 19.9 Å². The first-order chi connectivity index (χ1) is 9.40. The van der Waals surface area contributed by atoms with E-state index in [4.69, 9.17) is 17.3 Å². The third kappa shape index (κ3) is 3.49. The predicted octanol–water partition coefficient (Wildman–Crippen LogP) is 2.46. The minimum atomic E-state index is -3.65. The molecule has 2 rings (SSSR count). The van der Waals surface area contributed by atoms with Gasteiger partial charge in [-0.15, -0.1) is 11.3 Å². The second kappa shape index (κ2) is 6.09. The van der Waals surface area contributed by atoms with Gasteiger partial charge in [0.2, 0.25) is 10.0 Å². The average molecular weight is 332 g/mol. The van der Waals surface area contributed by atoms with Gasteiger partial charge < -0.3 is 5.73 Å². The van der Waals surface area contributed by atoms with Gasteiger partial charge in [-0.2, -0.15) is 0 Å². The molecular formula is C12H14ClN3O2S2. The monoisotopic (exact) mass is 331 g/mol. The summed E-state index contributed by atoms with van der Waals surface area (Å²) in [4.78, 5) is 4.19. The van der Waals surface area contributed by atoms with Crippen molar-refractivity contribution in [3.8, 4) is 0 Å². The Morgan fingerprint density at radius 3 is 2.85 bits per heavy atom. The number of sulfonamides is 1. The van der Waals surface area contributed by atoms with E-state index in [1.54, 1.807) is 6.20 Å². The summed E-state index contributed by atoms with van der Waals surface area (Å²) in [5.74, 6) is -0.00247. The Morgan fingerprint density at radius 2 is 2.25 bits per heavy atom. The van der Waals surface area contributed by atoms with Crippen molar-refractivity contribution in [2.45, 2.75) is 17.7 Å². The fourth-order valence-electron chi connectivity index (χ4n) is 1.61. The molecule has 1 unspecified atom stereocenters. The van der Waals surface area contributed by atoms with Crippen LogP contribution in [0.1, 0.15) is 17.8 Å². The molecule has 0 saturated carbocycles. The van der Waals surface area contributed by atoms with E-state index in [1.165, 1.54) is 29.5 Å². The first-order valence-corrected chi connectivity index (χ1v) is 8.58. The zero-order chi connectivity index (χ0) is 14.8. The van der Waals surface area contributed by atoms with Crippen LogP contribution in [0.4, 0.5) is 5.69 Å². The maximum atomic E-state index is 12.2. The summed E-state index contributed by atoms with van der Waals surface area (Å²) in [6.45, 7) is 2.17. The molecule has 1 aromatic carbocycles. The van der Waals surface area contributed by atoms with E-state index >= 15 is 0 Å². The minimum Gasteiger partial charge on any atom is -0.399 e. The largest absolute Gasteiger partial charge is 0.399 e. The van der Waals surface area contributed by atoms with E-state index in [0.29, 0.717) is 5.69 Å². The Balaban J connectivity index is 2.11. The van der Waals surface area contributed by atoms with Crippen molar-refractivity contribution in [2.24, 2.45) is 0 Å². The molecule has 8 heteroatoms. The van der Waals surface area contributed by atoms with Gasteiger partial charge in [0.25, 0.3) is 0 Å². The van der Waals surface area contributed by atoms with Crippen LogP contribution >= 0.6 is 22.9 Å². The third-order valence-corrected chi connectivity index (χ3v) is 5.61. The van der Waals surface area contributed by atoms with Crippen LogP contribution < -0.4 is 10.5 Å². The topological polar surface area (TPSA) is 85.1 Å². The summed E-state index contributed by atoms with van der Waals surface area (Å²) in [5.41, 5.74) is 5.97. The lowest BCUT2D eigenvalue weighted by Crippen LogP contribution is -2.28. The van der Waals surface area contributed by atoms with Gasteiger partial charge in [-0.3, -0.25) is 0 Å². The molecule has 5 nitrogen and oxygen atoms in total. The number of hydrogen-bond donors (Lipinski definition) is 2. The fraction of sp³-hybridized carbons (Fsp3) is 0.250. The SMILES string of the molecule is CC(CNS(=O)(=O)c1ccc(N)cc1Cl)c1nccs1. The zero-order valence-corrected chi connectivity index (χ0v) is 13.1. The lowest BCUT2D eigenvalue weighted by atomic mass is 10.2. The second-order valence-corrected chi connectivity index (χ2v) is 7.38. The molecule has 0 spiro atoms. The van der Waals surface area contributed by atoms with E-state index in [2.05, 4.69) is 9.71 Å². The van der Waals surface area contributed by atoms with Crippen LogP contribution in [0.25, 0.3) is 0 Å². The molecule has 20 heavy (non-hydrogen) atoms. The zero-order valence-electron chi connectivity index (χ0n) is 10.7. The second-order valence-electron chi connectivity index (χ2n) is 4.31.